The first kappa shape index (κ1) is 24.5. The molecule has 0 unspecified atom stereocenters. The molecule has 0 bridgehead atoms. The molecule has 1 aliphatic heterocycles. The van der Waals surface area contributed by atoms with Crippen molar-refractivity contribution in [2.75, 3.05) is 33.8 Å². The maximum Gasteiger partial charge on any atom is 0.295 e. The summed E-state index contributed by atoms with van der Waals surface area (Å²) in [5.41, 5.74) is 2.29. The van der Waals surface area contributed by atoms with Crippen LogP contribution in [0.15, 0.2) is 54.1 Å². The Bertz CT molecular complexity index is 1030. The smallest absolute Gasteiger partial charge is 0.295 e. The fourth-order valence-corrected chi connectivity index (χ4v) is 4.02. The molecule has 0 radical (unpaired) electrons. The number of hydrogen-bond acceptors (Lipinski definition) is 5. The predicted octanol–water partition coefficient (Wildman–Crippen LogP) is 4.40. The third-order valence-corrected chi connectivity index (χ3v) is 5.68. The summed E-state index contributed by atoms with van der Waals surface area (Å²) in [7, 11) is 3.94. The highest BCUT2D eigenvalue weighted by atomic mass is 16.5. The van der Waals surface area contributed by atoms with Crippen LogP contribution in [0, 0.1) is 12.8 Å². The first-order valence-electron chi connectivity index (χ1n) is 11.4. The van der Waals surface area contributed by atoms with Gasteiger partial charge in [-0.05, 0) is 69.2 Å². The number of aliphatic hydroxyl groups is 1. The first-order chi connectivity index (χ1) is 15.7. The van der Waals surface area contributed by atoms with Crippen molar-refractivity contribution in [3.63, 3.8) is 0 Å². The van der Waals surface area contributed by atoms with E-state index in [2.05, 4.69) is 13.8 Å². The number of hydrogen-bond donors (Lipinski definition) is 1. The van der Waals surface area contributed by atoms with Crippen LogP contribution in [0.1, 0.15) is 43.0 Å². The van der Waals surface area contributed by atoms with Crippen LogP contribution in [0.2, 0.25) is 0 Å². The van der Waals surface area contributed by atoms with Crippen molar-refractivity contribution in [3.05, 3.63) is 70.8 Å². The molecule has 1 N–H and O–H groups in total. The molecule has 6 heteroatoms. The molecule has 0 aliphatic carbocycles. The van der Waals surface area contributed by atoms with Crippen LogP contribution < -0.4 is 4.74 Å². The first-order valence-corrected chi connectivity index (χ1v) is 11.4. The van der Waals surface area contributed by atoms with Crippen LogP contribution in [0.4, 0.5) is 0 Å². The van der Waals surface area contributed by atoms with Gasteiger partial charge in [-0.15, -0.1) is 0 Å². The molecule has 1 saturated heterocycles. The molecule has 1 amide bonds. The molecule has 176 valence electrons. The number of aliphatic hydroxyl groups excluding tert-OH is 1. The maximum absolute atomic E-state index is 13.1. The summed E-state index contributed by atoms with van der Waals surface area (Å²) in [5.74, 6) is -0.242. The van der Waals surface area contributed by atoms with Gasteiger partial charge < -0.3 is 19.6 Å². The van der Waals surface area contributed by atoms with Gasteiger partial charge in [-0.3, -0.25) is 9.59 Å². The minimum Gasteiger partial charge on any atom is -0.507 e. The zero-order chi connectivity index (χ0) is 24.1. The van der Waals surface area contributed by atoms with Gasteiger partial charge in [0.2, 0.25) is 0 Å². The Morgan fingerprint density at radius 3 is 2.42 bits per heavy atom. The van der Waals surface area contributed by atoms with Crippen molar-refractivity contribution in [1.29, 1.82) is 0 Å². The molecule has 0 spiro atoms. The third-order valence-electron chi connectivity index (χ3n) is 5.68. The number of carbonyl (C=O) groups is 2. The van der Waals surface area contributed by atoms with E-state index in [4.69, 9.17) is 4.74 Å². The number of Topliss-reactive ketones (excluding diaryl/α,β-unsaturated/α-hetero) is 1. The monoisotopic (exact) mass is 450 g/mol. The van der Waals surface area contributed by atoms with E-state index >= 15 is 0 Å². The second-order valence-electron chi connectivity index (χ2n) is 9.25. The molecule has 1 fully saturated rings. The highest BCUT2D eigenvalue weighted by Crippen LogP contribution is 2.39. The van der Waals surface area contributed by atoms with E-state index < -0.39 is 17.7 Å². The second kappa shape index (κ2) is 10.7. The molecule has 2 aromatic carbocycles. The number of ether oxygens (including phenoxy) is 1. The number of nitrogens with zero attached hydrogens (tertiary/aromatic N) is 2. The molecular formula is C27H34N2O4. The zero-order valence-electron chi connectivity index (χ0n) is 20.2. The van der Waals surface area contributed by atoms with Crippen LogP contribution in [0.25, 0.3) is 5.76 Å². The van der Waals surface area contributed by atoms with Crippen molar-refractivity contribution in [3.8, 4) is 5.75 Å². The number of benzene rings is 2. The molecule has 1 aliphatic rings. The summed E-state index contributed by atoms with van der Waals surface area (Å²) in [6.45, 7) is 7.88. The van der Waals surface area contributed by atoms with Crippen LogP contribution >= 0.6 is 0 Å². The lowest BCUT2D eigenvalue weighted by molar-refractivity contribution is -0.139. The van der Waals surface area contributed by atoms with Gasteiger partial charge in [0.15, 0.2) is 0 Å². The SMILES string of the molecule is Cc1cc(/C(O)=C2\C(=O)C(=O)N(CCCN(C)C)[C@@H]2c2ccccc2)ccc1OCC(C)C. The number of ketones is 1. The summed E-state index contributed by atoms with van der Waals surface area (Å²) >= 11 is 0. The van der Waals surface area contributed by atoms with Gasteiger partial charge in [-0.1, -0.05) is 44.2 Å². The molecule has 2 aromatic rings. The fraction of sp³-hybridized carbons (Fsp3) is 0.407. The lowest BCUT2D eigenvalue weighted by atomic mass is 9.95. The van der Waals surface area contributed by atoms with Crippen molar-refractivity contribution in [2.24, 2.45) is 5.92 Å². The normalized spacial score (nSPS) is 17.9. The number of amides is 1. The van der Waals surface area contributed by atoms with E-state index in [1.807, 2.05) is 56.3 Å². The third kappa shape index (κ3) is 5.63. The van der Waals surface area contributed by atoms with Gasteiger partial charge in [0.05, 0.1) is 18.2 Å². The molecule has 0 saturated carbocycles. The summed E-state index contributed by atoms with van der Waals surface area (Å²) in [6.07, 6.45) is 0.727. The predicted molar refractivity (Wildman–Crippen MR) is 130 cm³/mol. The van der Waals surface area contributed by atoms with E-state index in [1.165, 1.54) is 0 Å². The number of rotatable bonds is 9. The van der Waals surface area contributed by atoms with Crippen LogP contribution in [0.5, 0.6) is 5.75 Å². The Morgan fingerprint density at radius 1 is 1.12 bits per heavy atom. The van der Waals surface area contributed by atoms with Crippen LogP contribution in [-0.2, 0) is 9.59 Å². The molecule has 1 heterocycles. The Balaban J connectivity index is 2.01. The molecule has 1 atom stereocenters. The minimum atomic E-state index is -0.649. The molecule has 33 heavy (non-hydrogen) atoms. The van der Waals surface area contributed by atoms with Crippen LogP contribution in [0.3, 0.4) is 0 Å². The van der Waals surface area contributed by atoms with Gasteiger partial charge in [0.25, 0.3) is 11.7 Å². The molecule has 6 nitrogen and oxygen atoms in total. The summed E-state index contributed by atoms with van der Waals surface area (Å²) < 4.78 is 5.84. The lowest BCUT2D eigenvalue weighted by Crippen LogP contribution is -2.32. The van der Waals surface area contributed by atoms with E-state index in [1.54, 1.807) is 23.1 Å². The largest absolute Gasteiger partial charge is 0.507 e. The summed E-state index contributed by atoms with van der Waals surface area (Å²) in [4.78, 5) is 29.7. The zero-order valence-corrected chi connectivity index (χ0v) is 20.2. The Morgan fingerprint density at radius 2 is 1.82 bits per heavy atom. The number of aryl methyl sites for hydroxylation is 1. The van der Waals surface area contributed by atoms with Gasteiger partial charge in [0.1, 0.15) is 11.5 Å². The number of carbonyl (C=O) groups excluding carboxylic acids is 2. The molecule has 0 aromatic heterocycles. The highest BCUT2D eigenvalue weighted by Gasteiger charge is 2.45. The maximum atomic E-state index is 13.1. The van der Waals surface area contributed by atoms with Gasteiger partial charge >= 0.3 is 0 Å². The van der Waals surface area contributed by atoms with Gasteiger partial charge in [-0.2, -0.15) is 0 Å². The van der Waals surface area contributed by atoms with Crippen molar-refractivity contribution in [2.45, 2.75) is 33.2 Å². The Kier molecular flexibility index (Phi) is 7.92. The van der Waals surface area contributed by atoms with E-state index in [0.29, 0.717) is 24.6 Å². The van der Waals surface area contributed by atoms with Crippen molar-refractivity contribution >= 4 is 17.4 Å². The summed E-state index contributed by atoms with van der Waals surface area (Å²) in [5, 5.41) is 11.2. The van der Waals surface area contributed by atoms with E-state index in [0.717, 1.165) is 29.8 Å². The topological polar surface area (TPSA) is 70.1 Å². The Labute approximate surface area is 196 Å². The molecule has 3 rings (SSSR count). The quantitative estimate of drug-likeness (QED) is 0.348. The van der Waals surface area contributed by atoms with Crippen molar-refractivity contribution in [1.82, 2.24) is 9.80 Å². The summed E-state index contributed by atoms with van der Waals surface area (Å²) in [6, 6.07) is 14.1. The average Bonchev–Trinajstić information content (AvgIpc) is 3.03. The minimum absolute atomic E-state index is 0.131. The van der Waals surface area contributed by atoms with Gasteiger partial charge in [0, 0.05) is 12.1 Å². The second-order valence-corrected chi connectivity index (χ2v) is 9.25. The van der Waals surface area contributed by atoms with E-state index in [-0.39, 0.29) is 11.3 Å². The van der Waals surface area contributed by atoms with Gasteiger partial charge in [-0.25, -0.2) is 0 Å². The Hall–Kier alpha value is -3.12. The standard InChI is InChI=1S/C27H34N2O4/c1-18(2)17-33-22-13-12-21(16-19(22)3)25(30)23-24(20-10-7-6-8-11-20)29(27(32)26(23)31)15-9-14-28(4)5/h6-8,10-13,16,18,24,30H,9,14-15,17H2,1-5H3/b25-23+/t24-/m1/s1. The van der Waals surface area contributed by atoms with E-state index in [9.17, 15) is 14.7 Å². The highest BCUT2D eigenvalue weighted by molar-refractivity contribution is 6.46. The molecular weight excluding hydrogens is 416 g/mol. The lowest BCUT2D eigenvalue weighted by Gasteiger charge is -2.26. The number of likely N-dealkylation sites (tertiary alicyclic amines) is 1. The van der Waals surface area contributed by atoms with Crippen LogP contribution in [-0.4, -0.2) is 60.4 Å². The fourth-order valence-electron chi connectivity index (χ4n) is 4.02. The van der Waals surface area contributed by atoms with Crippen molar-refractivity contribution < 1.29 is 19.4 Å². The average molecular weight is 451 g/mol.